The van der Waals surface area contributed by atoms with E-state index in [1.54, 1.807) is 0 Å². The molecule has 2 aliphatic heterocycles. The summed E-state index contributed by atoms with van der Waals surface area (Å²) in [6.07, 6.45) is 1.10. The first kappa shape index (κ1) is 14.3. The monoisotopic (exact) mass is 282 g/mol. The molecule has 2 heterocycles. The van der Waals surface area contributed by atoms with Crippen LogP contribution in [0.2, 0.25) is 0 Å². The van der Waals surface area contributed by atoms with Gasteiger partial charge in [-0.3, -0.25) is 9.69 Å². The van der Waals surface area contributed by atoms with Crippen LogP contribution in [0.1, 0.15) is 20.3 Å². The predicted octanol–water partition coefficient (Wildman–Crippen LogP) is 0.591. The molecule has 20 heavy (non-hydrogen) atoms. The van der Waals surface area contributed by atoms with Crippen LogP contribution in [0.3, 0.4) is 0 Å². The zero-order valence-electron chi connectivity index (χ0n) is 12.6. The van der Waals surface area contributed by atoms with Gasteiger partial charge in [0.15, 0.2) is 0 Å². The van der Waals surface area contributed by atoms with Crippen molar-refractivity contribution >= 4 is 5.91 Å². The highest BCUT2D eigenvalue weighted by Gasteiger charge is 2.48. The van der Waals surface area contributed by atoms with Gasteiger partial charge >= 0.3 is 0 Å². The molecular weight excluding hydrogens is 256 g/mol. The van der Waals surface area contributed by atoms with Gasteiger partial charge < -0.3 is 14.4 Å². The molecule has 2 saturated heterocycles. The van der Waals surface area contributed by atoms with E-state index in [4.69, 9.17) is 9.47 Å². The molecule has 4 unspecified atom stereocenters. The topological polar surface area (TPSA) is 42.0 Å². The lowest BCUT2D eigenvalue weighted by Gasteiger charge is -2.34. The molecule has 0 radical (unpaired) electrons. The molecule has 0 spiro atoms. The molecule has 3 rings (SSSR count). The smallest absolute Gasteiger partial charge is 0.228 e. The van der Waals surface area contributed by atoms with Gasteiger partial charge in [0.1, 0.15) is 0 Å². The number of amides is 1. The Kier molecular flexibility index (Phi) is 4.29. The minimum Gasteiger partial charge on any atom is -0.379 e. The Balaban J connectivity index is 1.53. The van der Waals surface area contributed by atoms with Gasteiger partial charge in [-0.2, -0.15) is 0 Å². The van der Waals surface area contributed by atoms with E-state index in [0.717, 1.165) is 45.8 Å². The summed E-state index contributed by atoms with van der Waals surface area (Å²) in [6.45, 7) is 10.4. The lowest BCUT2D eigenvalue weighted by molar-refractivity contribution is -0.132. The summed E-state index contributed by atoms with van der Waals surface area (Å²) < 4.78 is 11.0. The summed E-state index contributed by atoms with van der Waals surface area (Å²) in [4.78, 5) is 17.0. The van der Waals surface area contributed by atoms with Gasteiger partial charge in [-0.1, -0.05) is 6.92 Å². The van der Waals surface area contributed by atoms with Crippen molar-refractivity contribution in [1.82, 2.24) is 9.80 Å². The number of morpholine rings is 1. The first-order valence-electron chi connectivity index (χ1n) is 7.93. The first-order valence-corrected chi connectivity index (χ1v) is 7.93. The zero-order valence-corrected chi connectivity index (χ0v) is 12.6. The van der Waals surface area contributed by atoms with Crippen LogP contribution < -0.4 is 0 Å². The van der Waals surface area contributed by atoms with Crippen LogP contribution in [0.25, 0.3) is 0 Å². The first-order chi connectivity index (χ1) is 9.70. The molecule has 5 nitrogen and oxygen atoms in total. The van der Waals surface area contributed by atoms with Crippen LogP contribution in [0.15, 0.2) is 0 Å². The third-order valence-electron chi connectivity index (χ3n) is 4.83. The van der Waals surface area contributed by atoms with Gasteiger partial charge in [0.2, 0.25) is 5.91 Å². The molecule has 1 saturated carbocycles. The number of nitrogens with zero attached hydrogens (tertiary/aromatic N) is 2. The van der Waals surface area contributed by atoms with Gasteiger partial charge in [-0.25, -0.2) is 0 Å². The molecule has 5 heteroatoms. The van der Waals surface area contributed by atoms with Crippen molar-refractivity contribution in [3.05, 3.63) is 0 Å². The number of hydrogen-bond donors (Lipinski definition) is 0. The second-order valence-electron chi connectivity index (χ2n) is 6.27. The zero-order chi connectivity index (χ0) is 14.1. The average Bonchev–Trinajstić information content (AvgIpc) is 3.12. The largest absolute Gasteiger partial charge is 0.379 e. The Morgan fingerprint density at radius 2 is 2.05 bits per heavy atom. The van der Waals surface area contributed by atoms with Gasteiger partial charge in [0.05, 0.1) is 25.2 Å². The molecule has 0 N–H and O–H groups in total. The highest BCUT2D eigenvalue weighted by Crippen LogP contribution is 2.37. The minimum absolute atomic E-state index is 0.130. The van der Waals surface area contributed by atoms with Crippen molar-refractivity contribution in [3.8, 4) is 0 Å². The lowest BCUT2D eigenvalue weighted by Crippen LogP contribution is -2.47. The van der Waals surface area contributed by atoms with E-state index in [-0.39, 0.29) is 12.0 Å². The van der Waals surface area contributed by atoms with E-state index < -0.39 is 0 Å². The fourth-order valence-electron chi connectivity index (χ4n) is 3.58. The van der Waals surface area contributed by atoms with Crippen LogP contribution in [-0.4, -0.2) is 73.9 Å². The number of ether oxygens (including phenoxy) is 2. The lowest BCUT2D eigenvalue weighted by atomic mass is 10.0. The number of carbonyl (C=O) groups excluding carboxylic acids is 1. The molecule has 3 aliphatic rings. The maximum atomic E-state index is 12.5. The van der Waals surface area contributed by atoms with Crippen molar-refractivity contribution < 1.29 is 14.3 Å². The molecule has 0 bridgehead atoms. The maximum Gasteiger partial charge on any atom is 0.228 e. The SMILES string of the molecule is CCOC1CC1C(=O)N1CC(C)C(N2CCOCC2)C1. The average molecular weight is 282 g/mol. The Morgan fingerprint density at radius 3 is 2.75 bits per heavy atom. The van der Waals surface area contributed by atoms with Crippen LogP contribution in [0.4, 0.5) is 0 Å². The number of carbonyl (C=O) groups is 1. The Bertz CT molecular complexity index is 357. The molecule has 0 aromatic heterocycles. The van der Waals surface area contributed by atoms with Gasteiger partial charge in [-0.15, -0.1) is 0 Å². The van der Waals surface area contributed by atoms with Gasteiger partial charge in [0.25, 0.3) is 0 Å². The Morgan fingerprint density at radius 1 is 1.30 bits per heavy atom. The van der Waals surface area contributed by atoms with Crippen molar-refractivity contribution in [2.75, 3.05) is 46.0 Å². The summed E-state index contributed by atoms with van der Waals surface area (Å²) in [5.41, 5.74) is 0. The summed E-state index contributed by atoms with van der Waals surface area (Å²) in [5, 5.41) is 0. The van der Waals surface area contributed by atoms with E-state index in [0.29, 0.717) is 24.5 Å². The predicted molar refractivity (Wildman–Crippen MR) is 75.4 cm³/mol. The number of hydrogen-bond acceptors (Lipinski definition) is 4. The van der Waals surface area contributed by atoms with Gasteiger partial charge in [-0.05, 0) is 19.3 Å². The van der Waals surface area contributed by atoms with Crippen molar-refractivity contribution in [2.45, 2.75) is 32.4 Å². The normalized spacial score (nSPS) is 38.2. The molecule has 3 fully saturated rings. The standard InChI is InChI=1S/C15H26N2O3/c1-3-20-14-8-12(14)15(18)17-9-11(2)13(10-17)16-4-6-19-7-5-16/h11-14H,3-10H2,1-2H3. The molecular formula is C15H26N2O3. The van der Waals surface area contributed by atoms with E-state index in [1.807, 2.05) is 6.92 Å². The molecule has 0 aromatic rings. The van der Waals surface area contributed by atoms with Crippen molar-refractivity contribution in [2.24, 2.45) is 11.8 Å². The second-order valence-corrected chi connectivity index (χ2v) is 6.27. The third kappa shape index (κ3) is 2.85. The summed E-state index contributed by atoms with van der Waals surface area (Å²) >= 11 is 0. The Hall–Kier alpha value is -0.650. The van der Waals surface area contributed by atoms with E-state index in [9.17, 15) is 4.79 Å². The van der Waals surface area contributed by atoms with E-state index in [1.165, 1.54) is 0 Å². The molecule has 1 amide bonds. The third-order valence-corrected chi connectivity index (χ3v) is 4.83. The highest BCUT2D eigenvalue weighted by atomic mass is 16.5. The second kappa shape index (κ2) is 6.00. The van der Waals surface area contributed by atoms with Crippen LogP contribution in [-0.2, 0) is 14.3 Å². The molecule has 4 atom stereocenters. The van der Waals surface area contributed by atoms with Crippen LogP contribution in [0.5, 0.6) is 0 Å². The summed E-state index contributed by atoms with van der Waals surface area (Å²) in [5.74, 6) is 0.998. The summed E-state index contributed by atoms with van der Waals surface area (Å²) in [6, 6.07) is 0.507. The molecule has 0 aromatic carbocycles. The number of likely N-dealkylation sites (tertiary alicyclic amines) is 1. The molecule has 114 valence electrons. The van der Waals surface area contributed by atoms with Crippen molar-refractivity contribution in [1.29, 1.82) is 0 Å². The van der Waals surface area contributed by atoms with E-state index in [2.05, 4.69) is 16.7 Å². The summed E-state index contributed by atoms with van der Waals surface area (Å²) in [7, 11) is 0. The fraction of sp³-hybridized carbons (Fsp3) is 0.933. The quantitative estimate of drug-likeness (QED) is 0.757. The van der Waals surface area contributed by atoms with Crippen LogP contribution in [0, 0.1) is 11.8 Å². The van der Waals surface area contributed by atoms with Gasteiger partial charge in [0, 0.05) is 38.8 Å². The Labute approximate surface area is 121 Å². The van der Waals surface area contributed by atoms with Crippen LogP contribution >= 0.6 is 0 Å². The maximum absolute atomic E-state index is 12.5. The fourth-order valence-corrected chi connectivity index (χ4v) is 3.58. The van der Waals surface area contributed by atoms with E-state index >= 15 is 0 Å². The number of rotatable bonds is 4. The van der Waals surface area contributed by atoms with Crippen molar-refractivity contribution in [3.63, 3.8) is 0 Å². The minimum atomic E-state index is 0.130. The highest BCUT2D eigenvalue weighted by molar-refractivity contribution is 5.82. The molecule has 1 aliphatic carbocycles.